The van der Waals surface area contributed by atoms with Crippen molar-refractivity contribution in [3.05, 3.63) is 34.9 Å². The molecule has 0 unspecified atom stereocenters. The van der Waals surface area contributed by atoms with Crippen molar-refractivity contribution >= 4 is 12.1 Å². The van der Waals surface area contributed by atoms with Crippen molar-refractivity contribution in [2.24, 2.45) is 5.92 Å². The summed E-state index contributed by atoms with van der Waals surface area (Å²) < 4.78 is 50.2. The largest absolute Gasteiger partial charge is 0.469 e. The monoisotopic (exact) mass is 441 g/mol. The molecule has 2 aliphatic rings. The summed E-state index contributed by atoms with van der Waals surface area (Å²) in [5.74, 6) is -0.597. The van der Waals surface area contributed by atoms with Gasteiger partial charge in [-0.15, -0.1) is 0 Å². The van der Waals surface area contributed by atoms with Gasteiger partial charge in [0.1, 0.15) is 5.60 Å². The average molecular weight is 441 g/mol. The SMILES string of the molecule is COC(=O)[C@H]1C[C@H](c2cc(C(F)(F)F)ccc2C2CCN(C(=O)OC(C)(C)C)CC2)C1. The number of hydrogen-bond acceptors (Lipinski definition) is 4. The summed E-state index contributed by atoms with van der Waals surface area (Å²) in [5, 5.41) is 0. The lowest BCUT2D eigenvalue weighted by molar-refractivity contribution is -0.149. The number of piperidine rings is 1. The fourth-order valence-corrected chi connectivity index (χ4v) is 4.41. The first-order valence-electron chi connectivity index (χ1n) is 10.7. The molecule has 0 aromatic heterocycles. The Kier molecular flexibility index (Phi) is 6.58. The molecular formula is C23H30F3NO4. The van der Waals surface area contributed by atoms with E-state index in [4.69, 9.17) is 9.47 Å². The fraction of sp³-hybridized carbons (Fsp3) is 0.652. The van der Waals surface area contributed by atoms with Crippen molar-refractivity contribution in [3.8, 4) is 0 Å². The molecule has 1 heterocycles. The molecule has 0 radical (unpaired) electrons. The van der Waals surface area contributed by atoms with E-state index in [2.05, 4.69) is 0 Å². The molecule has 1 aliphatic heterocycles. The summed E-state index contributed by atoms with van der Waals surface area (Å²) in [4.78, 5) is 25.7. The highest BCUT2D eigenvalue weighted by Gasteiger charge is 2.40. The summed E-state index contributed by atoms with van der Waals surface area (Å²) in [7, 11) is 1.32. The molecule has 1 aliphatic carbocycles. The minimum atomic E-state index is -4.42. The van der Waals surface area contributed by atoms with E-state index in [-0.39, 0.29) is 29.8 Å². The van der Waals surface area contributed by atoms with Crippen LogP contribution in [0, 0.1) is 5.92 Å². The molecule has 172 valence electrons. The zero-order chi connectivity index (χ0) is 23.0. The van der Waals surface area contributed by atoms with E-state index in [1.165, 1.54) is 13.2 Å². The van der Waals surface area contributed by atoms with Crippen LogP contribution in [0.1, 0.15) is 75.0 Å². The van der Waals surface area contributed by atoms with Crippen molar-refractivity contribution in [3.63, 3.8) is 0 Å². The number of amides is 1. The topological polar surface area (TPSA) is 55.8 Å². The molecular weight excluding hydrogens is 411 g/mol. The van der Waals surface area contributed by atoms with Crippen molar-refractivity contribution in [1.29, 1.82) is 0 Å². The van der Waals surface area contributed by atoms with E-state index in [0.717, 1.165) is 11.6 Å². The smallest absolute Gasteiger partial charge is 0.416 e. The highest BCUT2D eigenvalue weighted by atomic mass is 19.4. The van der Waals surface area contributed by atoms with Crippen molar-refractivity contribution in [2.45, 2.75) is 70.1 Å². The van der Waals surface area contributed by atoms with Crippen LogP contribution in [0.5, 0.6) is 0 Å². The number of carbonyl (C=O) groups excluding carboxylic acids is 2. The maximum Gasteiger partial charge on any atom is 0.416 e. The molecule has 31 heavy (non-hydrogen) atoms. The Labute approximate surface area is 180 Å². The molecule has 1 saturated heterocycles. The maximum absolute atomic E-state index is 13.3. The molecule has 8 heteroatoms. The molecule has 1 amide bonds. The number of methoxy groups -OCH3 is 1. The first-order chi connectivity index (χ1) is 14.4. The Bertz CT molecular complexity index is 817. The molecule has 1 aromatic carbocycles. The number of hydrogen-bond donors (Lipinski definition) is 0. The number of rotatable bonds is 3. The van der Waals surface area contributed by atoms with Gasteiger partial charge in [-0.05, 0) is 81.5 Å². The number of ether oxygens (including phenoxy) is 2. The van der Waals surface area contributed by atoms with Crippen LogP contribution in [-0.4, -0.2) is 42.8 Å². The average Bonchev–Trinajstić information content (AvgIpc) is 2.64. The van der Waals surface area contributed by atoms with Gasteiger partial charge in [0.15, 0.2) is 0 Å². The number of benzene rings is 1. The number of likely N-dealkylation sites (tertiary alicyclic amines) is 1. The minimum absolute atomic E-state index is 0.0631. The van der Waals surface area contributed by atoms with Gasteiger partial charge in [-0.1, -0.05) is 6.07 Å². The molecule has 5 nitrogen and oxygen atoms in total. The molecule has 0 N–H and O–H groups in total. The van der Waals surface area contributed by atoms with Gasteiger partial charge in [0.25, 0.3) is 0 Å². The van der Waals surface area contributed by atoms with E-state index >= 15 is 0 Å². The van der Waals surface area contributed by atoms with Crippen LogP contribution in [0.15, 0.2) is 18.2 Å². The Morgan fingerprint density at radius 1 is 1.00 bits per heavy atom. The Morgan fingerprint density at radius 2 is 1.61 bits per heavy atom. The van der Waals surface area contributed by atoms with Gasteiger partial charge in [0.05, 0.1) is 18.6 Å². The summed E-state index contributed by atoms with van der Waals surface area (Å²) in [5.41, 5.74) is 0.323. The van der Waals surface area contributed by atoms with Gasteiger partial charge < -0.3 is 14.4 Å². The van der Waals surface area contributed by atoms with Crippen molar-refractivity contribution in [2.75, 3.05) is 20.2 Å². The molecule has 0 spiro atoms. The molecule has 1 saturated carbocycles. The second-order valence-corrected chi connectivity index (χ2v) is 9.47. The Balaban J connectivity index is 1.75. The van der Waals surface area contributed by atoms with Crippen LogP contribution in [0.2, 0.25) is 0 Å². The number of nitrogens with zero attached hydrogens (tertiary/aromatic N) is 1. The summed E-state index contributed by atoms with van der Waals surface area (Å²) in [6.07, 6.45) is -2.47. The zero-order valence-electron chi connectivity index (χ0n) is 18.4. The molecule has 3 rings (SSSR count). The van der Waals surface area contributed by atoms with E-state index in [1.807, 2.05) is 20.8 Å². The fourth-order valence-electron chi connectivity index (χ4n) is 4.41. The first-order valence-corrected chi connectivity index (χ1v) is 10.7. The quantitative estimate of drug-likeness (QED) is 0.583. The normalized spacial score (nSPS) is 22.6. The molecule has 0 atom stereocenters. The van der Waals surface area contributed by atoms with Gasteiger partial charge in [-0.25, -0.2) is 4.79 Å². The van der Waals surface area contributed by atoms with E-state index < -0.39 is 17.3 Å². The van der Waals surface area contributed by atoms with Gasteiger partial charge in [-0.3, -0.25) is 4.79 Å². The van der Waals surface area contributed by atoms with Gasteiger partial charge in [0.2, 0.25) is 0 Å². The number of carbonyl (C=O) groups is 2. The molecule has 0 bridgehead atoms. The predicted molar refractivity (Wildman–Crippen MR) is 109 cm³/mol. The predicted octanol–water partition coefficient (Wildman–Crippen LogP) is 5.49. The standard InChI is InChI=1S/C23H30F3NO4/c1-22(2,3)31-21(29)27-9-7-14(8-10-27)18-6-5-17(23(24,25)26)13-19(18)15-11-16(12-15)20(28)30-4/h5-6,13-16H,7-12H2,1-4H3/t15-,16-. The summed E-state index contributed by atoms with van der Waals surface area (Å²) in [6.45, 7) is 6.43. The number of halogens is 3. The van der Waals surface area contributed by atoms with Gasteiger partial charge in [0, 0.05) is 13.1 Å². The Morgan fingerprint density at radius 3 is 2.13 bits per heavy atom. The van der Waals surface area contributed by atoms with E-state index in [1.54, 1.807) is 11.0 Å². The maximum atomic E-state index is 13.3. The van der Waals surface area contributed by atoms with Crippen LogP contribution in [0.25, 0.3) is 0 Å². The second kappa shape index (κ2) is 8.71. The lowest BCUT2D eigenvalue weighted by atomic mass is 9.68. The summed E-state index contributed by atoms with van der Waals surface area (Å²) >= 11 is 0. The van der Waals surface area contributed by atoms with Gasteiger partial charge >= 0.3 is 18.2 Å². The highest BCUT2D eigenvalue weighted by Crippen LogP contribution is 2.47. The van der Waals surface area contributed by atoms with Gasteiger partial charge in [-0.2, -0.15) is 13.2 Å². The van der Waals surface area contributed by atoms with Crippen LogP contribution in [-0.2, 0) is 20.4 Å². The zero-order valence-corrected chi connectivity index (χ0v) is 18.4. The lowest BCUT2D eigenvalue weighted by Crippen LogP contribution is -2.41. The van der Waals surface area contributed by atoms with E-state index in [0.29, 0.717) is 44.3 Å². The summed E-state index contributed by atoms with van der Waals surface area (Å²) in [6, 6.07) is 3.96. The van der Waals surface area contributed by atoms with E-state index in [9.17, 15) is 22.8 Å². The van der Waals surface area contributed by atoms with Crippen LogP contribution < -0.4 is 0 Å². The molecule has 1 aromatic rings. The highest BCUT2D eigenvalue weighted by molar-refractivity contribution is 5.74. The van der Waals surface area contributed by atoms with Crippen LogP contribution in [0.3, 0.4) is 0 Å². The number of esters is 1. The second-order valence-electron chi connectivity index (χ2n) is 9.47. The minimum Gasteiger partial charge on any atom is -0.469 e. The van der Waals surface area contributed by atoms with Crippen LogP contribution in [0.4, 0.5) is 18.0 Å². The first kappa shape index (κ1) is 23.4. The third-order valence-electron chi connectivity index (χ3n) is 6.11. The van der Waals surface area contributed by atoms with Crippen molar-refractivity contribution in [1.82, 2.24) is 4.90 Å². The van der Waals surface area contributed by atoms with Crippen LogP contribution >= 0.6 is 0 Å². The number of alkyl halides is 3. The Hall–Kier alpha value is -2.25. The third-order valence-corrected chi connectivity index (χ3v) is 6.11. The lowest BCUT2D eigenvalue weighted by Gasteiger charge is -2.38. The third kappa shape index (κ3) is 5.52. The van der Waals surface area contributed by atoms with Crippen molar-refractivity contribution < 1.29 is 32.2 Å². The molecule has 2 fully saturated rings.